The first-order chi connectivity index (χ1) is 12.2. The number of carbonyl (C=O) groups excluding carboxylic acids is 1. The van der Waals surface area contributed by atoms with Gasteiger partial charge in [0.2, 0.25) is 0 Å². The Labute approximate surface area is 148 Å². The van der Waals surface area contributed by atoms with Crippen LogP contribution in [0.15, 0.2) is 30.9 Å². The Bertz CT molecular complexity index is 931. The zero-order chi connectivity index (χ0) is 19.2. The Morgan fingerprint density at radius 3 is 2.69 bits per heavy atom. The molecule has 0 amide bonds. The minimum atomic E-state index is -4.05. The van der Waals surface area contributed by atoms with Crippen molar-refractivity contribution < 1.29 is 26.7 Å². The normalized spacial score (nSPS) is 27.2. The number of aldehydes is 1. The van der Waals surface area contributed by atoms with Gasteiger partial charge >= 0.3 is 0 Å². The summed E-state index contributed by atoms with van der Waals surface area (Å²) in [6.45, 7) is 2.09. The van der Waals surface area contributed by atoms with Gasteiger partial charge in [0.05, 0.1) is 13.2 Å². The quantitative estimate of drug-likeness (QED) is 0.736. The summed E-state index contributed by atoms with van der Waals surface area (Å²) in [7, 11) is -4.05. The van der Waals surface area contributed by atoms with E-state index in [1.807, 2.05) is 0 Å². The van der Waals surface area contributed by atoms with E-state index in [2.05, 4.69) is 10.1 Å². The third-order valence-electron chi connectivity index (χ3n) is 4.95. The summed E-state index contributed by atoms with van der Waals surface area (Å²) in [5.74, 6) is -1.75. The van der Waals surface area contributed by atoms with Gasteiger partial charge in [-0.3, -0.25) is 0 Å². The summed E-state index contributed by atoms with van der Waals surface area (Å²) < 4.78 is 59.5. The average Bonchev–Trinajstić information content (AvgIpc) is 3.05. The van der Waals surface area contributed by atoms with E-state index in [1.54, 1.807) is 0 Å². The van der Waals surface area contributed by atoms with E-state index >= 15 is 0 Å². The van der Waals surface area contributed by atoms with Crippen molar-refractivity contribution in [3.63, 3.8) is 0 Å². The van der Waals surface area contributed by atoms with Crippen LogP contribution in [0.3, 0.4) is 0 Å². The number of halogens is 2. The number of benzene rings is 1. The molecule has 1 saturated heterocycles. The van der Waals surface area contributed by atoms with Crippen molar-refractivity contribution in [2.24, 2.45) is 0 Å². The summed E-state index contributed by atoms with van der Waals surface area (Å²) in [5, 5.41) is 2.57. The lowest BCUT2D eigenvalue weighted by atomic mass is 9.81. The SMILES string of the molecule is CC1(C)C(Cn2cncn2)(c2ccc(F)cc2F)OCC(C=O)S1(=O)=O. The summed E-state index contributed by atoms with van der Waals surface area (Å²) >= 11 is 0. The number of hydrogen-bond donors (Lipinski definition) is 0. The van der Waals surface area contributed by atoms with Crippen molar-refractivity contribution in [2.45, 2.75) is 36.0 Å². The predicted octanol–water partition coefficient (Wildman–Crippen LogP) is 1.24. The zero-order valence-electron chi connectivity index (χ0n) is 14.1. The molecule has 2 heterocycles. The fraction of sp³-hybridized carbons (Fsp3) is 0.438. The minimum Gasteiger partial charge on any atom is -0.365 e. The Balaban J connectivity index is 2.26. The van der Waals surface area contributed by atoms with Crippen LogP contribution in [0.4, 0.5) is 8.78 Å². The van der Waals surface area contributed by atoms with E-state index in [-0.39, 0.29) is 12.1 Å². The molecule has 1 fully saturated rings. The smallest absolute Gasteiger partial charge is 0.170 e. The summed E-state index contributed by atoms with van der Waals surface area (Å²) in [5.41, 5.74) is -1.87. The molecule has 0 aliphatic carbocycles. The number of ether oxygens (including phenoxy) is 1. The van der Waals surface area contributed by atoms with Gasteiger partial charge in [-0.25, -0.2) is 26.9 Å². The molecule has 26 heavy (non-hydrogen) atoms. The fourth-order valence-electron chi connectivity index (χ4n) is 3.29. The topological polar surface area (TPSA) is 91.2 Å². The van der Waals surface area contributed by atoms with Crippen LogP contribution in [0.5, 0.6) is 0 Å². The van der Waals surface area contributed by atoms with Crippen molar-refractivity contribution in [3.05, 3.63) is 48.1 Å². The first-order valence-electron chi connectivity index (χ1n) is 7.76. The third-order valence-corrected chi connectivity index (χ3v) is 7.74. The van der Waals surface area contributed by atoms with Gasteiger partial charge in [-0.05, 0) is 19.9 Å². The molecule has 0 radical (unpaired) electrons. The number of sulfone groups is 1. The van der Waals surface area contributed by atoms with Gasteiger partial charge in [0.15, 0.2) is 9.84 Å². The number of nitrogens with zero attached hydrogens (tertiary/aromatic N) is 3. The molecule has 0 N–H and O–H groups in total. The third kappa shape index (κ3) is 2.55. The maximum Gasteiger partial charge on any atom is 0.170 e. The van der Waals surface area contributed by atoms with Crippen LogP contribution in [0.2, 0.25) is 0 Å². The summed E-state index contributed by atoms with van der Waals surface area (Å²) in [6, 6.07) is 2.84. The van der Waals surface area contributed by atoms with Crippen molar-refractivity contribution in [3.8, 4) is 0 Å². The van der Waals surface area contributed by atoms with E-state index in [4.69, 9.17) is 4.74 Å². The first kappa shape index (κ1) is 18.6. The van der Waals surface area contributed by atoms with E-state index < -0.39 is 43.7 Å². The summed E-state index contributed by atoms with van der Waals surface area (Å²) in [4.78, 5) is 15.0. The largest absolute Gasteiger partial charge is 0.365 e. The lowest BCUT2D eigenvalue weighted by Gasteiger charge is -2.50. The number of aromatic nitrogens is 3. The highest BCUT2D eigenvalue weighted by molar-refractivity contribution is 7.94. The van der Waals surface area contributed by atoms with Gasteiger partial charge in [0.25, 0.3) is 0 Å². The molecular formula is C16H17F2N3O4S. The van der Waals surface area contributed by atoms with Crippen LogP contribution in [-0.4, -0.2) is 46.1 Å². The molecule has 1 aromatic heterocycles. The maximum absolute atomic E-state index is 14.7. The second-order valence-corrected chi connectivity index (χ2v) is 9.30. The van der Waals surface area contributed by atoms with Gasteiger partial charge in [0, 0.05) is 11.6 Å². The van der Waals surface area contributed by atoms with Gasteiger partial charge in [-0.2, -0.15) is 5.10 Å². The molecule has 3 rings (SSSR count). The van der Waals surface area contributed by atoms with Crippen LogP contribution in [0, 0.1) is 11.6 Å². The molecular weight excluding hydrogens is 368 g/mol. The monoisotopic (exact) mass is 385 g/mol. The minimum absolute atomic E-state index is 0.132. The molecule has 1 aromatic carbocycles. The van der Waals surface area contributed by atoms with Crippen LogP contribution >= 0.6 is 0 Å². The second kappa shape index (κ2) is 6.20. The van der Waals surface area contributed by atoms with Gasteiger partial charge in [-0.15, -0.1) is 0 Å². The highest BCUT2D eigenvalue weighted by atomic mass is 32.2. The van der Waals surface area contributed by atoms with E-state index in [1.165, 1.54) is 31.2 Å². The molecule has 2 unspecified atom stereocenters. The van der Waals surface area contributed by atoms with Crippen LogP contribution < -0.4 is 0 Å². The molecule has 1 aliphatic rings. The van der Waals surface area contributed by atoms with Crippen molar-refractivity contribution in [1.82, 2.24) is 14.8 Å². The summed E-state index contributed by atoms with van der Waals surface area (Å²) in [6.07, 6.45) is 2.88. The number of rotatable bonds is 4. The van der Waals surface area contributed by atoms with Crippen LogP contribution in [0.1, 0.15) is 19.4 Å². The van der Waals surface area contributed by atoms with E-state index in [0.717, 1.165) is 12.1 Å². The molecule has 10 heteroatoms. The Hall–Kier alpha value is -2.20. The van der Waals surface area contributed by atoms with E-state index in [9.17, 15) is 22.0 Å². The zero-order valence-corrected chi connectivity index (χ0v) is 14.9. The molecule has 0 saturated carbocycles. The van der Waals surface area contributed by atoms with Crippen molar-refractivity contribution in [1.29, 1.82) is 0 Å². The first-order valence-corrected chi connectivity index (χ1v) is 9.31. The highest BCUT2D eigenvalue weighted by Crippen LogP contribution is 2.48. The predicted molar refractivity (Wildman–Crippen MR) is 86.9 cm³/mol. The second-order valence-electron chi connectivity index (χ2n) is 6.59. The van der Waals surface area contributed by atoms with Gasteiger partial charge in [-0.1, -0.05) is 6.07 Å². The molecule has 0 bridgehead atoms. The molecule has 2 atom stereocenters. The molecule has 2 aromatic rings. The molecule has 7 nitrogen and oxygen atoms in total. The Morgan fingerprint density at radius 2 is 2.12 bits per heavy atom. The van der Waals surface area contributed by atoms with Crippen LogP contribution in [0.25, 0.3) is 0 Å². The van der Waals surface area contributed by atoms with Gasteiger partial charge < -0.3 is 9.53 Å². The Kier molecular flexibility index (Phi) is 4.43. The van der Waals surface area contributed by atoms with E-state index in [0.29, 0.717) is 12.4 Å². The highest BCUT2D eigenvalue weighted by Gasteiger charge is 2.62. The number of carbonyl (C=O) groups is 1. The molecule has 140 valence electrons. The van der Waals surface area contributed by atoms with Crippen molar-refractivity contribution >= 4 is 16.1 Å². The Morgan fingerprint density at radius 1 is 1.38 bits per heavy atom. The lowest BCUT2D eigenvalue weighted by molar-refractivity contribution is -0.119. The molecule has 1 aliphatic heterocycles. The van der Waals surface area contributed by atoms with Crippen molar-refractivity contribution in [2.75, 3.05) is 6.61 Å². The van der Waals surface area contributed by atoms with Gasteiger partial charge in [0.1, 0.15) is 46.2 Å². The maximum atomic E-state index is 14.7. The average molecular weight is 385 g/mol. The molecule has 0 spiro atoms. The van der Waals surface area contributed by atoms with Crippen LogP contribution in [-0.2, 0) is 31.5 Å². The standard InChI is InChI=1S/C16H17F2N3O4S/c1-15(2)16(8-21-10-19-9-20-21,13-4-3-11(17)5-14(13)18)25-7-12(6-22)26(15,23)24/h3-6,9-10,12H,7-8H2,1-2H3. The fourth-order valence-corrected chi connectivity index (χ4v) is 5.13. The lowest BCUT2D eigenvalue weighted by Crippen LogP contribution is -2.64. The number of hydrogen-bond acceptors (Lipinski definition) is 6.